The third-order valence-corrected chi connectivity index (χ3v) is 8.34. The van der Waals surface area contributed by atoms with Gasteiger partial charge in [0.05, 0.1) is 28.5 Å². The summed E-state index contributed by atoms with van der Waals surface area (Å²) in [5, 5.41) is 3.07. The number of hydrogen-bond acceptors (Lipinski definition) is 3. The largest absolute Gasteiger partial charge is 0.416 e. The Balaban J connectivity index is 1.35. The van der Waals surface area contributed by atoms with Crippen molar-refractivity contribution in [1.82, 2.24) is 29.1 Å². The quantitative estimate of drug-likeness (QED) is 0.337. The van der Waals surface area contributed by atoms with Crippen molar-refractivity contribution in [3.05, 3.63) is 71.3 Å². The van der Waals surface area contributed by atoms with Gasteiger partial charge in [-0.2, -0.15) is 13.2 Å². The van der Waals surface area contributed by atoms with Crippen LogP contribution in [0, 0.1) is 0 Å². The molecule has 4 aromatic rings. The van der Waals surface area contributed by atoms with Crippen LogP contribution in [0.15, 0.2) is 48.9 Å². The van der Waals surface area contributed by atoms with E-state index in [0.717, 1.165) is 12.1 Å². The van der Waals surface area contributed by atoms with Crippen molar-refractivity contribution < 1.29 is 31.5 Å². The fourth-order valence-electron chi connectivity index (χ4n) is 6.23. The first kappa shape index (κ1) is 26.5. The average molecular weight is 585 g/mol. The second kappa shape index (κ2) is 9.30. The highest BCUT2D eigenvalue weighted by Gasteiger charge is 2.39. The number of rotatable bonds is 2. The highest BCUT2D eigenvalue weighted by molar-refractivity contribution is 6.32. The summed E-state index contributed by atoms with van der Waals surface area (Å²) in [5.74, 6) is -3.23. The minimum atomic E-state index is -4.68. The molecule has 0 spiro atoms. The Morgan fingerprint density at radius 2 is 1.81 bits per heavy atom. The van der Waals surface area contributed by atoms with Gasteiger partial charge in [0.15, 0.2) is 0 Å². The van der Waals surface area contributed by atoms with E-state index in [9.17, 15) is 31.5 Å². The molecule has 3 aliphatic heterocycles. The summed E-state index contributed by atoms with van der Waals surface area (Å²) in [6, 6.07) is 7.09. The summed E-state index contributed by atoms with van der Waals surface area (Å²) in [5.41, 5.74) is 2.46. The van der Waals surface area contributed by atoms with Crippen LogP contribution in [0.1, 0.15) is 35.2 Å². The Bertz CT molecular complexity index is 1790. The molecule has 8 nitrogen and oxygen atoms in total. The van der Waals surface area contributed by atoms with Gasteiger partial charge >= 0.3 is 12.2 Å². The lowest BCUT2D eigenvalue weighted by molar-refractivity contribution is -0.137. The van der Waals surface area contributed by atoms with Gasteiger partial charge in [0, 0.05) is 81.0 Å². The second-order valence-electron chi connectivity index (χ2n) is 10.9. The third-order valence-electron chi connectivity index (χ3n) is 8.34. The van der Waals surface area contributed by atoms with Gasteiger partial charge in [0.1, 0.15) is 5.65 Å². The number of benzene rings is 1. The molecular weight excluding hydrogens is 559 g/mol. The van der Waals surface area contributed by atoms with Crippen molar-refractivity contribution in [3.8, 4) is 0 Å². The van der Waals surface area contributed by atoms with Crippen molar-refractivity contribution in [2.24, 2.45) is 0 Å². The van der Waals surface area contributed by atoms with E-state index in [1.54, 1.807) is 17.0 Å². The number of carbonyl (C=O) groups is 2. The molecule has 0 bridgehead atoms. The van der Waals surface area contributed by atoms with Crippen molar-refractivity contribution in [2.75, 3.05) is 26.2 Å². The van der Waals surface area contributed by atoms with Gasteiger partial charge in [-0.1, -0.05) is 6.07 Å². The molecule has 7 rings (SSSR count). The number of imidazole rings is 1. The summed E-state index contributed by atoms with van der Waals surface area (Å²) < 4.78 is 73.5. The summed E-state index contributed by atoms with van der Waals surface area (Å²) in [6.07, 6.45) is -0.458. The van der Waals surface area contributed by atoms with Crippen LogP contribution in [0.2, 0.25) is 0 Å². The molecule has 6 heterocycles. The Morgan fingerprint density at radius 1 is 1.02 bits per heavy atom. The van der Waals surface area contributed by atoms with Crippen LogP contribution in [-0.4, -0.2) is 67.8 Å². The highest BCUT2D eigenvalue weighted by atomic mass is 19.4. The SMILES string of the molecule is O=C1NCC(c2cnc3ccccn23)=C1c1cn2c3c(cc(C(F)(F)F)cc13)CN(C(=O)N1CCC(F)(F)CC1)CC2. The van der Waals surface area contributed by atoms with E-state index in [2.05, 4.69) is 10.3 Å². The number of aromatic nitrogens is 3. The van der Waals surface area contributed by atoms with E-state index in [4.69, 9.17) is 0 Å². The summed E-state index contributed by atoms with van der Waals surface area (Å²) in [6.45, 7) is 0.243. The second-order valence-corrected chi connectivity index (χ2v) is 10.9. The first-order valence-corrected chi connectivity index (χ1v) is 13.6. The smallest absolute Gasteiger partial charge is 0.348 e. The molecule has 13 heteroatoms. The molecule has 0 unspecified atom stereocenters. The van der Waals surface area contributed by atoms with Crippen LogP contribution in [-0.2, 0) is 24.1 Å². The molecule has 1 N–H and O–H groups in total. The van der Waals surface area contributed by atoms with E-state index in [-0.39, 0.29) is 55.8 Å². The van der Waals surface area contributed by atoms with Crippen molar-refractivity contribution in [2.45, 2.75) is 38.0 Å². The molecular formula is C29H25F5N6O2. The number of nitrogens with one attached hydrogen (secondary N) is 1. The zero-order valence-electron chi connectivity index (χ0n) is 22.2. The number of carbonyl (C=O) groups excluding carboxylic acids is 2. The van der Waals surface area contributed by atoms with E-state index >= 15 is 0 Å². The molecule has 3 aromatic heterocycles. The molecule has 42 heavy (non-hydrogen) atoms. The molecule has 0 aliphatic carbocycles. The number of piperidine rings is 1. The minimum absolute atomic E-state index is 0.119. The lowest BCUT2D eigenvalue weighted by Crippen LogP contribution is -2.49. The topological polar surface area (TPSA) is 74.9 Å². The monoisotopic (exact) mass is 584 g/mol. The third kappa shape index (κ3) is 4.29. The number of pyridine rings is 1. The van der Waals surface area contributed by atoms with Gasteiger partial charge < -0.3 is 19.7 Å². The number of halogens is 5. The molecule has 1 saturated heterocycles. The Labute approximate surface area is 236 Å². The van der Waals surface area contributed by atoms with E-state index in [1.165, 1.54) is 9.80 Å². The maximum Gasteiger partial charge on any atom is 0.416 e. The van der Waals surface area contributed by atoms with Crippen LogP contribution in [0.25, 0.3) is 27.7 Å². The van der Waals surface area contributed by atoms with Crippen LogP contribution < -0.4 is 5.32 Å². The van der Waals surface area contributed by atoms with Gasteiger partial charge in [-0.15, -0.1) is 0 Å². The molecule has 1 aromatic carbocycles. The molecule has 0 saturated carbocycles. The number of alkyl halides is 5. The van der Waals surface area contributed by atoms with Gasteiger partial charge in [0.2, 0.25) is 0 Å². The summed E-state index contributed by atoms with van der Waals surface area (Å²) in [7, 11) is 0. The highest BCUT2D eigenvalue weighted by Crippen LogP contribution is 2.41. The van der Waals surface area contributed by atoms with Crippen LogP contribution in [0.5, 0.6) is 0 Å². The predicted molar refractivity (Wildman–Crippen MR) is 144 cm³/mol. The Morgan fingerprint density at radius 3 is 2.57 bits per heavy atom. The number of nitrogens with zero attached hydrogens (tertiary/aromatic N) is 5. The summed E-state index contributed by atoms with van der Waals surface area (Å²) >= 11 is 0. The molecule has 1 fully saturated rings. The van der Waals surface area contributed by atoms with E-state index in [1.807, 2.05) is 28.8 Å². The van der Waals surface area contributed by atoms with Crippen LogP contribution in [0.3, 0.4) is 0 Å². The maximum absolute atomic E-state index is 14.2. The van der Waals surface area contributed by atoms with Crippen LogP contribution in [0.4, 0.5) is 26.7 Å². The number of hydrogen-bond donors (Lipinski definition) is 1. The van der Waals surface area contributed by atoms with Gasteiger partial charge in [-0.25, -0.2) is 18.6 Å². The van der Waals surface area contributed by atoms with E-state index in [0.29, 0.717) is 28.0 Å². The summed E-state index contributed by atoms with van der Waals surface area (Å²) in [4.78, 5) is 33.7. The molecule has 3 aliphatic rings. The normalized spacial score (nSPS) is 19.1. The fraction of sp³-hybridized carbons (Fsp3) is 0.345. The lowest BCUT2D eigenvalue weighted by Gasteiger charge is -2.35. The number of amides is 3. The van der Waals surface area contributed by atoms with Gasteiger partial charge in [-0.3, -0.25) is 9.20 Å². The number of urea groups is 1. The average Bonchev–Trinajstić information content (AvgIpc) is 3.60. The molecule has 0 atom stereocenters. The van der Waals surface area contributed by atoms with E-state index < -0.39 is 42.4 Å². The number of fused-ring (bicyclic) bond motifs is 1. The maximum atomic E-state index is 14.2. The first-order chi connectivity index (χ1) is 20.0. The lowest BCUT2D eigenvalue weighted by atomic mass is 9.96. The fourth-order valence-corrected chi connectivity index (χ4v) is 6.23. The van der Waals surface area contributed by atoms with Gasteiger partial charge in [0.25, 0.3) is 11.8 Å². The Hall–Kier alpha value is -4.42. The zero-order valence-corrected chi connectivity index (χ0v) is 22.2. The first-order valence-electron chi connectivity index (χ1n) is 13.6. The van der Waals surface area contributed by atoms with Crippen molar-refractivity contribution >= 4 is 39.6 Å². The predicted octanol–water partition coefficient (Wildman–Crippen LogP) is 5.02. The van der Waals surface area contributed by atoms with Crippen molar-refractivity contribution in [3.63, 3.8) is 0 Å². The minimum Gasteiger partial charge on any atom is -0.348 e. The number of likely N-dealkylation sites (tertiary alicyclic amines) is 1. The van der Waals surface area contributed by atoms with Crippen molar-refractivity contribution in [1.29, 1.82) is 0 Å². The molecule has 3 amide bonds. The standard InChI is InChI=1S/C29H25F5N6O2/c30-28(31)4-7-37(8-5-28)27(42)39-10-9-38-16-21(19-12-18(29(32,33)34)11-17(15-39)25(19)38)24-20(13-36-26(24)41)22-14-35-23-3-1-2-6-40(22)23/h1-3,6,11-12,14,16H,4-5,7-10,13,15H2,(H,36,41). The van der Waals surface area contributed by atoms with Gasteiger partial charge in [-0.05, 0) is 29.8 Å². The molecule has 218 valence electrons. The Kier molecular flexibility index (Phi) is 5.86. The van der Waals surface area contributed by atoms with Crippen LogP contribution >= 0.6 is 0 Å². The zero-order chi connectivity index (χ0) is 29.4. The molecule has 0 radical (unpaired) electrons.